The highest BCUT2D eigenvalue weighted by Gasteiger charge is 2.40. The Labute approximate surface area is 230 Å². The first kappa shape index (κ1) is 26.4. The minimum atomic E-state index is -0.590. The molecule has 0 bridgehead atoms. The molecule has 0 saturated carbocycles. The largest absolute Gasteiger partial charge is 0.345 e. The highest BCUT2D eigenvalue weighted by molar-refractivity contribution is 5.97. The van der Waals surface area contributed by atoms with Crippen LogP contribution in [0.4, 0.5) is 11.4 Å². The van der Waals surface area contributed by atoms with Gasteiger partial charge in [0.05, 0.1) is 0 Å². The van der Waals surface area contributed by atoms with Gasteiger partial charge < -0.3 is 20.9 Å². The zero-order valence-corrected chi connectivity index (χ0v) is 22.4. The van der Waals surface area contributed by atoms with E-state index in [1.165, 1.54) is 0 Å². The van der Waals surface area contributed by atoms with E-state index in [0.717, 1.165) is 46.1 Å². The van der Waals surface area contributed by atoms with Crippen LogP contribution in [0, 0.1) is 0 Å². The average Bonchev–Trinajstić information content (AvgIpc) is 2.97. The minimum Gasteiger partial charge on any atom is -0.345 e. The van der Waals surface area contributed by atoms with Gasteiger partial charge >= 0.3 is 0 Å². The molecular weight excluding hydrogens is 484 g/mol. The number of nitrogens with zero attached hydrogens (tertiary/aromatic N) is 2. The van der Waals surface area contributed by atoms with Gasteiger partial charge in [0, 0.05) is 31.4 Å². The van der Waals surface area contributed by atoms with E-state index in [0.29, 0.717) is 25.9 Å². The van der Waals surface area contributed by atoms with Crippen molar-refractivity contribution in [2.24, 2.45) is 5.73 Å². The normalized spacial score (nSPS) is 17.3. The van der Waals surface area contributed by atoms with Crippen molar-refractivity contribution in [3.05, 3.63) is 108 Å². The molecule has 2 atom stereocenters. The number of carbonyl (C=O) groups excluding carboxylic acids is 2. The summed E-state index contributed by atoms with van der Waals surface area (Å²) in [6.07, 6.45) is 2.69. The number of anilines is 2. The lowest BCUT2D eigenvalue weighted by Gasteiger charge is -2.39. The summed E-state index contributed by atoms with van der Waals surface area (Å²) in [6, 6.07) is 31.7. The first-order valence-electron chi connectivity index (χ1n) is 13.7. The van der Waals surface area contributed by atoms with Crippen LogP contribution in [-0.2, 0) is 22.6 Å². The Morgan fingerprint density at radius 2 is 1.46 bits per heavy atom. The molecule has 1 saturated heterocycles. The fraction of sp³-hybridized carbons (Fsp3) is 0.273. The zero-order valence-electron chi connectivity index (χ0n) is 22.4. The molecule has 4 aromatic carbocycles. The first-order chi connectivity index (χ1) is 19.0. The van der Waals surface area contributed by atoms with E-state index < -0.39 is 12.1 Å². The van der Waals surface area contributed by atoms with Crippen LogP contribution in [0.2, 0.25) is 0 Å². The van der Waals surface area contributed by atoms with E-state index in [4.69, 9.17) is 5.73 Å². The van der Waals surface area contributed by atoms with Crippen molar-refractivity contribution in [1.82, 2.24) is 10.2 Å². The highest BCUT2D eigenvalue weighted by atomic mass is 16.2. The van der Waals surface area contributed by atoms with E-state index in [1.54, 1.807) is 4.90 Å². The molecule has 0 radical (unpaired) electrons. The molecule has 6 nitrogen and oxygen atoms in total. The second-order valence-corrected chi connectivity index (χ2v) is 10.3. The van der Waals surface area contributed by atoms with Crippen molar-refractivity contribution < 1.29 is 9.59 Å². The SMILES string of the molecule is CN(c1ccccc1)c1ccc(CN2C(=O)C(Cc3ccc4ccccc4c3)NC(=O)C2CCCCN)cc1. The van der Waals surface area contributed by atoms with Gasteiger partial charge in [0.2, 0.25) is 11.8 Å². The summed E-state index contributed by atoms with van der Waals surface area (Å²) in [4.78, 5) is 31.0. The second kappa shape index (κ2) is 12.1. The molecule has 0 aliphatic carbocycles. The Morgan fingerprint density at radius 3 is 2.21 bits per heavy atom. The van der Waals surface area contributed by atoms with E-state index in [2.05, 4.69) is 58.7 Å². The van der Waals surface area contributed by atoms with Crippen molar-refractivity contribution in [1.29, 1.82) is 0 Å². The Hall–Kier alpha value is -4.16. The van der Waals surface area contributed by atoms with Gasteiger partial charge in [-0.3, -0.25) is 9.59 Å². The van der Waals surface area contributed by atoms with Crippen molar-refractivity contribution in [2.45, 2.75) is 44.3 Å². The van der Waals surface area contributed by atoms with Crippen molar-refractivity contribution in [3.63, 3.8) is 0 Å². The van der Waals surface area contributed by atoms with Crippen molar-refractivity contribution >= 4 is 34.0 Å². The fourth-order valence-corrected chi connectivity index (χ4v) is 5.34. The van der Waals surface area contributed by atoms with Gasteiger partial charge in [-0.15, -0.1) is 0 Å². The fourth-order valence-electron chi connectivity index (χ4n) is 5.34. The molecule has 2 unspecified atom stereocenters. The van der Waals surface area contributed by atoms with Crippen LogP contribution >= 0.6 is 0 Å². The second-order valence-electron chi connectivity index (χ2n) is 10.3. The lowest BCUT2D eigenvalue weighted by Crippen LogP contribution is -2.63. The quantitative estimate of drug-likeness (QED) is 0.283. The summed E-state index contributed by atoms with van der Waals surface area (Å²) in [5.41, 5.74) is 9.89. The third-order valence-electron chi connectivity index (χ3n) is 7.58. The van der Waals surface area contributed by atoms with Crippen LogP contribution in [0.3, 0.4) is 0 Å². The predicted octanol–water partition coefficient (Wildman–Crippen LogP) is 5.18. The minimum absolute atomic E-state index is 0.0361. The van der Waals surface area contributed by atoms with Gasteiger partial charge in [0.1, 0.15) is 12.1 Å². The number of piperazine rings is 1. The van der Waals surface area contributed by atoms with Crippen molar-refractivity contribution in [3.8, 4) is 0 Å². The first-order valence-corrected chi connectivity index (χ1v) is 13.7. The topological polar surface area (TPSA) is 78.7 Å². The molecule has 6 heteroatoms. The van der Waals surface area contributed by atoms with Crippen LogP contribution in [0.25, 0.3) is 10.8 Å². The number of fused-ring (bicyclic) bond motifs is 1. The number of rotatable bonds is 10. The summed E-state index contributed by atoms with van der Waals surface area (Å²) in [5, 5.41) is 5.31. The highest BCUT2D eigenvalue weighted by Crippen LogP contribution is 2.26. The smallest absolute Gasteiger partial charge is 0.246 e. The maximum Gasteiger partial charge on any atom is 0.246 e. The van der Waals surface area contributed by atoms with Crippen LogP contribution in [0.1, 0.15) is 30.4 Å². The molecule has 0 spiro atoms. The molecule has 1 aliphatic heterocycles. The Kier molecular flexibility index (Phi) is 8.23. The zero-order chi connectivity index (χ0) is 27.2. The molecule has 1 fully saturated rings. The molecule has 200 valence electrons. The number of hydrogen-bond acceptors (Lipinski definition) is 4. The van der Waals surface area contributed by atoms with Crippen LogP contribution in [0.5, 0.6) is 0 Å². The number of nitrogens with one attached hydrogen (secondary N) is 1. The third kappa shape index (κ3) is 6.13. The summed E-state index contributed by atoms with van der Waals surface area (Å²) in [5.74, 6) is -0.121. The summed E-state index contributed by atoms with van der Waals surface area (Å²) >= 11 is 0. The summed E-state index contributed by atoms with van der Waals surface area (Å²) in [7, 11) is 2.04. The third-order valence-corrected chi connectivity index (χ3v) is 7.58. The maximum absolute atomic E-state index is 13.8. The maximum atomic E-state index is 13.8. The molecule has 2 amide bonds. The van der Waals surface area contributed by atoms with E-state index in [1.807, 2.05) is 55.6 Å². The average molecular weight is 521 g/mol. The van der Waals surface area contributed by atoms with E-state index in [9.17, 15) is 9.59 Å². The number of unbranched alkanes of at least 4 members (excludes halogenated alkanes) is 1. The Bertz CT molecular complexity index is 1420. The number of para-hydroxylation sites is 1. The molecule has 1 aliphatic rings. The number of nitrogens with two attached hydrogens (primary N) is 1. The number of carbonyl (C=O) groups is 2. The van der Waals surface area contributed by atoms with Gasteiger partial charge in [-0.25, -0.2) is 0 Å². The number of benzene rings is 4. The summed E-state index contributed by atoms with van der Waals surface area (Å²) in [6.45, 7) is 0.965. The van der Waals surface area contributed by atoms with Gasteiger partial charge in [0.15, 0.2) is 0 Å². The summed E-state index contributed by atoms with van der Waals surface area (Å²) < 4.78 is 0. The van der Waals surface area contributed by atoms with Crippen LogP contribution < -0.4 is 16.0 Å². The lowest BCUT2D eigenvalue weighted by atomic mass is 9.96. The standard InChI is InChI=1S/C33H36N4O2/c1-36(28-11-3-2-4-12-28)29-18-15-24(16-19-29)23-37-31(13-7-8-20-34)32(38)35-30(33(37)39)22-25-14-17-26-9-5-6-10-27(26)21-25/h2-6,9-12,14-19,21,30-31H,7-8,13,20,22-23,34H2,1H3,(H,35,38). The predicted molar refractivity (Wildman–Crippen MR) is 158 cm³/mol. The number of hydrogen-bond donors (Lipinski definition) is 2. The molecule has 3 N–H and O–H groups in total. The molecule has 1 heterocycles. The molecular formula is C33H36N4O2. The van der Waals surface area contributed by atoms with Crippen LogP contribution in [0.15, 0.2) is 97.1 Å². The molecule has 4 aromatic rings. The number of amides is 2. The lowest BCUT2D eigenvalue weighted by molar-refractivity contribution is -0.150. The monoisotopic (exact) mass is 520 g/mol. The van der Waals surface area contributed by atoms with Crippen molar-refractivity contribution in [2.75, 3.05) is 18.5 Å². The van der Waals surface area contributed by atoms with Gasteiger partial charge in [-0.1, -0.05) is 72.8 Å². The van der Waals surface area contributed by atoms with E-state index >= 15 is 0 Å². The van der Waals surface area contributed by atoms with E-state index in [-0.39, 0.29) is 11.8 Å². The molecule has 0 aromatic heterocycles. The molecule has 5 rings (SSSR count). The van der Waals surface area contributed by atoms with Gasteiger partial charge in [-0.05, 0) is 72.0 Å². The Balaban J connectivity index is 1.35. The molecule has 39 heavy (non-hydrogen) atoms. The van der Waals surface area contributed by atoms with Crippen LogP contribution in [-0.4, -0.2) is 42.4 Å². The van der Waals surface area contributed by atoms with Gasteiger partial charge in [0.25, 0.3) is 0 Å². The Morgan fingerprint density at radius 1 is 0.795 bits per heavy atom. The van der Waals surface area contributed by atoms with Gasteiger partial charge in [-0.2, -0.15) is 0 Å².